The highest BCUT2D eigenvalue weighted by Crippen LogP contribution is 2.33. The number of ether oxygens (including phenoxy) is 1. The third-order valence-electron chi connectivity index (χ3n) is 7.35. The van der Waals surface area contributed by atoms with E-state index in [9.17, 15) is 21.6 Å². The van der Waals surface area contributed by atoms with Gasteiger partial charge in [0.15, 0.2) is 0 Å². The van der Waals surface area contributed by atoms with Crippen molar-refractivity contribution in [1.29, 1.82) is 0 Å². The minimum Gasteiger partial charge on any atom is -0.495 e. The van der Waals surface area contributed by atoms with E-state index in [-0.39, 0.29) is 38.4 Å². The number of carbonyl (C=O) groups excluding carboxylic acids is 1. The summed E-state index contributed by atoms with van der Waals surface area (Å²) < 4.78 is 62.7. The summed E-state index contributed by atoms with van der Waals surface area (Å²) in [5, 5.41) is 2.96. The van der Waals surface area contributed by atoms with Crippen LogP contribution in [-0.4, -0.2) is 47.2 Å². The van der Waals surface area contributed by atoms with Gasteiger partial charge in [-0.1, -0.05) is 66.6 Å². The Hall–Kier alpha value is -3.90. The van der Waals surface area contributed by atoms with E-state index in [1.807, 2.05) is 30.3 Å². The summed E-state index contributed by atoms with van der Waals surface area (Å²) in [5.74, 6) is -0.382. The Morgan fingerprint density at radius 2 is 1.55 bits per heavy atom. The average Bonchev–Trinajstić information content (AvgIpc) is 3.05. The molecular formula is C32H32ClN3O6S2. The number of methoxy groups -OCH3 is 1. The molecule has 230 valence electrons. The zero-order valence-electron chi connectivity index (χ0n) is 24.0. The molecule has 1 saturated heterocycles. The van der Waals surface area contributed by atoms with Gasteiger partial charge >= 0.3 is 0 Å². The minimum absolute atomic E-state index is 0.0127. The molecule has 0 bridgehead atoms. The van der Waals surface area contributed by atoms with Crippen molar-refractivity contribution >= 4 is 48.9 Å². The predicted molar refractivity (Wildman–Crippen MR) is 171 cm³/mol. The van der Waals surface area contributed by atoms with Gasteiger partial charge in [0.2, 0.25) is 10.0 Å². The van der Waals surface area contributed by atoms with Crippen molar-refractivity contribution in [1.82, 2.24) is 4.31 Å². The van der Waals surface area contributed by atoms with Crippen molar-refractivity contribution in [2.75, 3.05) is 29.8 Å². The van der Waals surface area contributed by atoms with Gasteiger partial charge in [0.25, 0.3) is 15.9 Å². The topological polar surface area (TPSA) is 113 Å². The molecule has 0 atom stereocenters. The fourth-order valence-corrected chi connectivity index (χ4v) is 8.37. The Morgan fingerprint density at radius 1 is 0.841 bits per heavy atom. The fraction of sp³-hybridized carbons (Fsp3) is 0.219. The highest BCUT2D eigenvalue weighted by molar-refractivity contribution is 7.92. The molecule has 4 aromatic rings. The van der Waals surface area contributed by atoms with Crippen molar-refractivity contribution in [2.45, 2.75) is 35.6 Å². The summed E-state index contributed by atoms with van der Waals surface area (Å²) in [5.41, 5.74) is 1.24. The molecule has 1 heterocycles. The monoisotopic (exact) mass is 653 g/mol. The number of amides is 1. The van der Waals surface area contributed by atoms with Crippen LogP contribution in [0.25, 0.3) is 0 Å². The Kier molecular flexibility index (Phi) is 9.59. The average molecular weight is 654 g/mol. The number of halogens is 1. The Labute approximate surface area is 263 Å². The first-order chi connectivity index (χ1) is 21.1. The summed E-state index contributed by atoms with van der Waals surface area (Å²) in [6, 6.07) is 25.7. The van der Waals surface area contributed by atoms with Crippen LogP contribution in [0.2, 0.25) is 5.02 Å². The summed E-state index contributed by atoms with van der Waals surface area (Å²) in [4.78, 5) is 13.4. The van der Waals surface area contributed by atoms with Gasteiger partial charge in [-0.05, 0) is 66.9 Å². The molecule has 0 unspecified atom stereocenters. The lowest BCUT2D eigenvalue weighted by molar-refractivity contribution is 0.102. The molecule has 1 N–H and O–H groups in total. The first-order valence-electron chi connectivity index (χ1n) is 14.0. The first kappa shape index (κ1) is 31.5. The lowest BCUT2D eigenvalue weighted by Gasteiger charge is -2.26. The third-order valence-corrected chi connectivity index (χ3v) is 11.3. The van der Waals surface area contributed by atoms with Crippen LogP contribution in [0.1, 0.15) is 35.2 Å². The van der Waals surface area contributed by atoms with E-state index in [0.29, 0.717) is 18.8 Å². The maximum Gasteiger partial charge on any atom is 0.264 e. The summed E-state index contributed by atoms with van der Waals surface area (Å²) >= 11 is 6.45. The molecule has 5 rings (SSSR count). The van der Waals surface area contributed by atoms with E-state index >= 15 is 0 Å². The Bertz CT molecular complexity index is 1860. The molecule has 0 spiro atoms. The lowest BCUT2D eigenvalue weighted by atomic mass is 10.2. The number of benzene rings is 4. The van der Waals surface area contributed by atoms with Crippen molar-refractivity contribution < 1.29 is 26.4 Å². The first-order valence-corrected chi connectivity index (χ1v) is 17.3. The number of hydrogen-bond acceptors (Lipinski definition) is 6. The van der Waals surface area contributed by atoms with Crippen LogP contribution in [0.5, 0.6) is 5.75 Å². The highest BCUT2D eigenvalue weighted by atomic mass is 35.5. The van der Waals surface area contributed by atoms with E-state index in [0.717, 1.165) is 24.8 Å². The van der Waals surface area contributed by atoms with Gasteiger partial charge in [0.1, 0.15) is 5.75 Å². The standard InChI is InChI=1S/C32H32ClN3O6S2/c1-42-31-18-17-27(43(38,39)35-19-8-3-9-20-35)22-29(31)34-32(37)25-13-10-14-26(21-25)44(40,41)36(23-24-11-4-2-5-12-24)30-16-7-6-15-28(30)33/h2,4-7,10-18,21-22H,3,8-9,19-20,23H2,1H3,(H,34,37). The van der Waals surface area contributed by atoms with Crippen LogP contribution in [0.4, 0.5) is 11.4 Å². The van der Waals surface area contributed by atoms with E-state index in [1.54, 1.807) is 24.3 Å². The van der Waals surface area contributed by atoms with Crippen molar-refractivity contribution in [2.24, 2.45) is 0 Å². The van der Waals surface area contributed by atoms with E-state index in [1.165, 1.54) is 58.2 Å². The maximum atomic E-state index is 14.1. The second-order valence-corrected chi connectivity index (χ2v) is 14.5. The molecule has 44 heavy (non-hydrogen) atoms. The van der Waals surface area contributed by atoms with Crippen LogP contribution >= 0.6 is 11.6 Å². The fourth-order valence-electron chi connectivity index (χ4n) is 5.02. The van der Waals surface area contributed by atoms with Gasteiger partial charge in [-0.15, -0.1) is 0 Å². The van der Waals surface area contributed by atoms with Crippen LogP contribution in [0, 0.1) is 0 Å². The van der Waals surface area contributed by atoms with Crippen molar-refractivity contribution in [3.05, 3.63) is 113 Å². The van der Waals surface area contributed by atoms with Crippen LogP contribution in [0.3, 0.4) is 0 Å². The number of nitrogens with one attached hydrogen (secondary N) is 1. The SMILES string of the molecule is COc1ccc(S(=O)(=O)N2CCCCC2)cc1NC(=O)c1cccc(S(=O)(=O)N(Cc2ccccc2)c2ccccc2Cl)c1. The second kappa shape index (κ2) is 13.4. The number of anilines is 2. The van der Waals surface area contributed by atoms with Gasteiger partial charge in [-0.3, -0.25) is 9.10 Å². The predicted octanol–water partition coefficient (Wildman–Crippen LogP) is 6.17. The number of nitrogens with zero attached hydrogens (tertiary/aromatic N) is 2. The molecule has 0 aliphatic carbocycles. The number of carbonyl (C=O) groups is 1. The molecule has 0 radical (unpaired) electrons. The molecule has 0 saturated carbocycles. The van der Waals surface area contributed by atoms with Crippen LogP contribution in [-0.2, 0) is 26.6 Å². The normalized spacial score (nSPS) is 14.1. The number of para-hydroxylation sites is 1. The molecule has 1 aliphatic heterocycles. The third kappa shape index (κ3) is 6.76. The van der Waals surface area contributed by atoms with Crippen molar-refractivity contribution in [3.63, 3.8) is 0 Å². The van der Waals surface area contributed by atoms with Gasteiger partial charge in [0, 0.05) is 18.7 Å². The smallest absolute Gasteiger partial charge is 0.264 e. The lowest BCUT2D eigenvalue weighted by Crippen LogP contribution is -2.35. The molecule has 12 heteroatoms. The number of sulfonamides is 2. The van der Waals surface area contributed by atoms with Gasteiger partial charge in [-0.2, -0.15) is 4.31 Å². The van der Waals surface area contributed by atoms with E-state index in [4.69, 9.17) is 16.3 Å². The summed E-state index contributed by atoms with van der Waals surface area (Å²) in [6.45, 7) is 0.887. The Morgan fingerprint density at radius 3 is 2.25 bits per heavy atom. The van der Waals surface area contributed by atoms with Crippen molar-refractivity contribution in [3.8, 4) is 5.75 Å². The number of piperidine rings is 1. The highest BCUT2D eigenvalue weighted by Gasteiger charge is 2.29. The quantitative estimate of drug-likeness (QED) is 0.219. The summed E-state index contributed by atoms with van der Waals surface area (Å²) in [6.07, 6.45) is 2.56. The Balaban J connectivity index is 1.46. The molecule has 9 nitrogen and oxygen atoms in total. The number of rotatable bonds is 10. The second-order valence-electron chi connectivity index (χ2n) is 10.3. The van der Waals surface area contributed by atoms with Crippen LogP contribution in [0.15, 0.2) is 107 Å². The molecule has 1 amide bonds. The molecule has 1 aliphatic rings. The molecule has 0 aromatic heterocycles. The van der Waals surface area contributed by atoms with E-state index < -0.39 is 26.0 Å². The van der Waals surface area contributed by atoms with Gasteiger partial charge in [-0.25, -0.2) is 16.8 Å². The molecular weight excluding hydrogens is 622 g/mol. The number of hydrogen-bond donors (Lipinski definition) is 1. The largest absolute Gasteiger partial charge is 0.495 e. The zero-order valence-corrected chi connectivity index (χ0v) is 26.4. The van der Waals surface area contributed by atoms with Gasteiger partial charge < -0.3 is 10.1 Å². The summed E-state index contributed by atoms with van der Waals surface area (Å²) in [7, 11) is -6.56. The van der Waals surface area contributed by atoms with Crippen LogP contribution < -0.4 is 14.4 Å². The van der Waals surface area contributed by atoms with E-state index in [2.05, 4.69) is 5.32 Å². The molecule has 4 aromatic carbocycles. The zero-order chi connectivity index (χ0) is 31.3. The molecule has 1 fully saturated rings. The van der Waals surface area contributed by atoms with Gasteiger partial charge in [0.05, 0.1) is 39.8 Å². The minimum atomic E-state index is -4.20. The maximum absolute atomic E-state index is 14.1.